The summed E-state index contributed by atoms with van der Waals surface area (Å²) in [6, 6.07) is 8.23. The van der Waals surface area contributed by atoms with Crippen molar-refractivity contribution in [3.8, 4) is 17.2 Å². The molecule has 1 heterocycles. The fourth-order valence-electron chi connectivity index (χ4n) is 2.67. The van der Waals surface area contributed by atoms with Crippen molar-refractivity contribution in [1.82, 2.24) is 0 Å². The molecular weight excluding hydrogens is 304 g/mol. The van der Waals surface area contributed by atoms with Gasteiger partial charge >= 0.3 is 0 Å². The normalized spacial score (nSPS) is 27.3. The molecule has 7 heteroatoms. The van der Waals surface area contributed by atoms with Gasteiger partial charge in [-0.15, -0.1) is 0 Å². The molecule has 1 aliphatic rings. The van der Waals surface area contributed by atoms with Gasteiger partial charge < -0.3 is 34.6 Å². The second-order valence-corrected chi connectivity index (χ2v) is 5.33. The molecule has 23 heavy (non-hydrogen) atoms. The van der Waals surface area contributed by atoms with Crippen molar-refractivity contribution in [3.05, 3.63) is 30.3 Å². The molecule has 1 aliphatic heterocycles. The van der Waals surface area contributed by atoms with Crippen LogP contribution in [0.1, 0.15) is 0 Å². The number of methoxy groups -OCH3 is 1. The lowest BCUT2D eigenvalue weighted by atomic mass is 10.1. The molecule has 0 radical (unpaired) electrons. The van der Waals surface area contributed by atoms with E-state index >= 15 is 0 Å². The minimum absolute atomic E-state index is 0.0822. The van der Waals surface area contributed by atoms with Crippen LogP contribution in [-0.4, -0.2) is 58.7 Å². The lowest BCUT2D eigenvalue weighted by Crippen LogP contribution is -2.35. The minimum Gasteiger partial charge on any atom is -0.507 e. The molecular formula is C16H18O7. The topological polar surface area (TPSA) is 109 Å². The van der Waals surface area contributed by atoms with Gasteiger partial charge in [-0.25, -0.2) is 0 Å². The standard InChI is InChI=1S/C16H18O7/c1-21-11-6-9(5-8-3-2-4-10(18)13(8)11)22-16-15(20)14(19)12(7-17)23-16/h2-6,12,14-20H,7H2,1H3/t12-,14-,15-,16+/m1/s1. The first-order valence-electron chi connectivity index (χ1n) is 7.14. The Morgan fingerprint density at radius 3 is 2.61 bits per heavy atom. The number of phenolic OH excluding ortho intramolecular Hbond substituents is 1. The van der Waals surface area contributed by atoms with Gasteiger partial charge in [0.1, 0.15) is 35.6 Å². The summed E-state index contributed by atoms with van der Waals surface area (Å²) >= 11 is 0. The summed E-state index contributed by atoms with van der Waals surface area (Å²) in [5, 5.41) is 39.9. The van der Waals surface area contributed by atoms with Gasteiger partial charge in [-0.1, -0.05) is 12.1 Å². The molecule has 3 rings (SSSR count). The van der Waals surface area contributed by atoms with E-state index in [-0.39, 0.29) is 5.75 Å². The van der Waals surface area contributed by atoms with E-state index in [2.05, 4.69) is 0 Å². The number of hydrogen-bond acceptors (Lipinski definition) is 7. The van der Waals surface area contributed by atoms with Gasteiger partial charge in [0, 0.05) is 6.07 Å². The first-order valence-corrected chi connectivity index (χ1v) is 7.14. The first kappa shape index (κ1) is 15.8. The van der Waals surface area contributed by atoms with Crippen LogP contribution in [0.25, 0.3) is 10.8 Å². The van der Waals surface area contributed by atoms with Gasteiger partial charge in [0.25, 0.3) is 0 Å². The van der Waals surface area contributed by atoms with Crippen molar-refractivity contribution in [3.63, 3.8) is 0 Å². The van der Waals surface area contributed by atoms with Gasteiger partial charge in [-0.2, -0.15) is 0 Å². The highest BCUT2D eigenvalue weighted by Crippen LogP contribution is 2.37. The van der Waals surface area contributed by atoms with E-state index in [9.17, 15) is 15.3 Å². The molecule has 0 aromatic heterocycles. The molecule has 0 amide bonds. The molecule has 0 saturated carbocycles. The number of rotatable bonds is 4. The zero-order valence-corrected chi connectivity index (χ0v) is 12.4. The summed E-state index contributed by atoms with van der Waals surface area (Å²) in [7, 11) is 1.47. The molecule has 2 aromatic carbocycles. The van der Waals surface area contributed by atoms with Crippen molar-refractivity contribution in [2.75, 3.05) is 13.7 Å². The second kappa shape index (κ2) is 6.21. The highest BCUT2D eigenvalue weighted by Gasteiger charge is 2.43. The van der Waals surface area contributed by atoms with Crippen molar-refractivity contribution in [2.24, 2.45) is 0 Å². The molecule has 1 saturated heterocycles. The van der Waals surface area contributed by atoms with E-state index in [4.69, 9.17) is 19.3 Å². The van der Waals surface area contributed by atoms with Gasteiger partial charge in [0.15, 0.2) is 0 Å². The fraction of sp³-hybridized carbons (Fsp3) is 0.375. The number of hydrogen-bond donors (Lipinski definition) is 4. The molecule has 4 N–H and O–H groups in total. The van der Waals surface area contributed by atoms with Crippen molar-refractivity contribution >= 4 is 10.8 Å². The van der Waals surface area contributed by atoms with Crippen LogP contribution in [-0.2, 0) is 4.74 Å². The third kappa shape index (κ3) is 2.79. The van der Waals surface area contributed by atoms with Crippen LogP contribution in [0.5, 0.6) is 17.2 Å². The smallest absolute Gasteiger partial charge is 0.229 e. The maximum atomic E-state index is 9.96. The Morgan fingerprint density at radius 1 is 1.17 bits per heavy atom. The molecule has 2 aromatic rings. The lowest BCUT2D eigenvalue weighted by Gasteiger charge is -2.18. The van der Waals surface area contributed by atoms with E-state index < -0.39 is 31.2 Å². The number of fused-ring (bicyclic) bond motifs is 1. The van der Waals surface area contributed by atoms with Crippen LogP contribution in [0.15, 0.2) is 30.3 Å². The Bertz CT molecular complexity index is 702. The second-order valence-electron chi connectivity index (χ2n) is 5.33. The molecule has 4 atom stereocenters. The third-order valence-electron chi connectivity index (χ3n) is 3.86. The zero-order valence-electron chi connectivity index (χ0n) is 12.4. The van der Waals surface area contributed by atoms with Crippen LogP contribution in [0, 0.1) is 0 Å². The van der Waals surface area contributed by atoms with Crippen LogP contribution in [0.3, 0.4) is 0 Å². The van der Waals surface area contributed by atoms with Gasteiger partial charge in [-0.3, -0.25) is 0 Å². The third-order valence-corrected chi connectivity index (χ3v) is 3.86. The monoisotopic (exact) mass is 322 g/mol. The summed E-state index contributed by atoms with van der Waals surface area (Å²) in [6.45, 7) is -0.424. The van der Waals surface area contributed by atoms with Gasteiger partial charge in [0.2, 0.25) is 6.29 Å². The summed E-state index contributed by atoms with van der Waals surface area (Å²) in [6.07, 6.45) is -4.52. The van der Waals surface area contributed by atoms with Crippen molar-refractivity contribution in [1.29, 1.82) is 0 Å². The Labute approximate surface area is 132 Å². The predicted molar refractivity (Wildman–Crippen MR) is 80.6 cm³/mol. The van der Waals surface area contributed by atoms with Crippen molar-refractivity contribution < 1.29 is 34.6 Å². The van der Waals surface area contributed by atoms with E-state index in [1.54, 1.807) is 30.3 Å². The average molecular weight is 322 g/mol. The van der Waals surface area contributed by atoms with Gasteiger partial charge in [0.05, 0.1) is 19.1 Å². The number of aliphatic hydroxyl groups is 3. The first-order chi connectivity index (χ1) is 11.0. The molecule has 0 unspecified atom stereocenters. The Kier molecular flexibility index (Phi) is 4.27. The maximum absolute atomic E-state index is 9.96. The van der Waals surface area contributed by atoms with Crippen LogP contribution in [0.4, 0.5) is 0 Å². The van der Waals surface area contributed by atoms with Crippen LogP contribution in [0.2, 0.25) is 0 Å². The molecule has 1 fully saturated rings. The van der Waals surface area contributed by atoms with E-state index in [0.717, 1.165) is 0 Å². The van der Waals surface area contributed by atoms with E-state index in [0.29, 0.717) is 22.3 Å². The number of benzene rings is 2. The maximum Gasteiger partial charge on any atom is 0.229 e. The molecule has 7 nitrogen and oxygen atoms in total. The van der Waals surface area contributed by atoms with Gasteiger partial charge in [-0.05, 0) is 17.5 Å². The van der Waals surface area contributed by atoms with E-state index in [1.807, 2.05) is 0 Å². The Balaban J connectivity index is 1.92. The summed E-state index contributed by atoms with van der Waals surface area (Å²) in [4.78, 5) is 0. The largest absolute Gasteiger partial charge is 0.507 e. The summed E-state index contributed by atoms with van der Waals surface area (Å²) in [5.74, 6) is 0.830. The molecule has 124 valence electrons. The Morgan fingerprint density at radius 2 is 1.96 bits per heavy atom. The highest BCUT2D eigenvalue weighted by molar-refractivity contribution is 5.94. The lowest BCUT2D eigenvalue weighted by molar-refractivity contribution is -0.116. The number of aliphatic hydroxyl groups excluding tert-OH is 3. The van der Waals surface area contributed by atoms with Crippen molar-refractivity contribution in [2.45, 2.75) is 24.6 Å². The molecule has 0 aliphatic carbocycles. The SMILES string of the molecule is COc1cc(O[C@H]2O[C@H](CO)[C@@H](O)[C@H]2O)cc2cccc(O)c12. The van der Waals surface area contributed by atoms with Crippen LogP contribution >= 0.6 is 0 Å². The quantitative estimate of drug-likeness (QED) is 0.644. The average Bonchev–Trinajstić information content (AvgIpc) is 2.82. The number of ether oxygens (including phenoxy) is 3. The highest BCUT2D eigenvalue weighted by atomic mass is 16.7. The predicted octanol–water partition coefficient (Wildman–Crippen LogP) is 0.372. The Hall–Kier alpha value is -2.06. The van der Waals surface area contributed by atoms with Crippen LogP contribution < -0.4 is 9.47 Å². The molecule has 0 bridgehead atoms. The number of aromatic hydroxyl groups is 1. The number of phenols is 1. The minimum atomic E-state index is -1.28. The summed E-state index contributed by atoms with van der Waals surface area (Å²) in [5.41, 5.74) is 0. The summed E-state index contributed by atoms with van der Waals surface area (Å²) < 4.78 is 16.1. The molecule has 0 spiro atoms. The zero-order chi connectivity index (χ0) is 16.6. The van der Waals surface area contributed by atoms with E-state index in [1.165, 1.54) is 7.11 Å². The fourth-order valence-corrected chi connectivity index (χ4v) is 2.67.